The topological polar surface area (TPSA) is 97.8 Å². The predicted octanol–water partition coefficient (Wildman–Crippen LogP) is 1.10. The number of aliphatic hydroxyl groups excluding tert-OH is 2. The third-order valence-corrected chi connectivity index (χ3v) is 3.74. The van der Waals surface area contributed by atoms with Crippen molar-refractivity contribution in [3.63, 3.8) is 0 Å². The minimum atomic E-state index is -1.11. The molecule has 2 heterocycles. The standard InChI is InChI=1S/C16H28O7/c1-9(7-5-6-8-10(17)23-16(2,3)4)20-14-12(19)11(18)13-15(21-13)22-14/h9,11-15,18-19H,5-8H2,1-4H3/t9?,11?,12-,13+,14?,15?/m0/s1. The fraction of sp³-hybridized carbons (Fsp3) is 0.938. The number of epoxide rings is 1. The van der Waals surface area contributed by atoms with E-state index in [0.717, 1.165) is 12.8 Å². The van der Waals surface area contributed by atoms with Crippen molar-refractivity contribution >= 4 is 5.97 Å². The van der Waals surface area contributed by atoms with Gasteiger partial charge in [0.05, 0.1) is 6.10 Å². The molecule has 0 spiro atoms. The number of ether oxygens (including phenoxy) is 4. The maximum atomic E-state index is 11.6. The van der Waals surface area contributed by atoms with E-state index in [4.69, 9.17) is 18.9 Å². The zero-order valence-electron chi connectivity index (χ0n) is 14.2. The van der Waals surface area contributed by atoms with E-state index in [1.165, 1.54) is 0 Å². The van der Waals surface area contributed by atoms with Gasteiger partial charge in [0.2, 0.25) is 0 Å². The minimum Gasteiger partial charge on any atom is -0.460 e. The summed E-state index contributed by atoms with van der Waals surface area (Å²) in [4.78, 5) is 11.6. The number of esters is 1. The molecule has 23 heavy (non-hydrogen) atoms. The van der Waals surface area contributed by atoms with Gasteiger partial charge in [0.1, 0.15) is 23.9 Å². The van der Waals surface area contributed by atoms with E-state index in [1.54, 1.807) is 0 Å². The number of carbonyl (C=O) groups is 1. The molecular formula is C16H28O7. The summed E-state index contributed by atoms with van der Waals surface area (Å²) >= 11 is 0. The van der Waals surface area contributed by atoms with Gasteiger partial charge in [-0.2, -0.15) is 0 Å². The van der Waals surface area contributed by atoms with Gasteiger partial charge >= 0.3 is 5.97 Å². The average Bonchev–Trinajstić information content (AvgIpc) is 3.18. The Kier molecular flexibility index (Phi) is 6.02. The van der Waals surface area contributed by atoms with Crippen molar-refractivity contribution in [3.05, 3.63) is 0 Å². The SMILES string of the molecule is CC(CCCCC(=O)OC(C)(C)C)OC1OC2O[C@@H]2C(O)[C@@H]1O. The molecule has 2 aliphatic rings. The van der Waals surface area contributed by atoms with Gasteiger partial charge in [-0.25, -0.2) is 0 Å². The lowest BCUT2D eigenvalue weighted by atomic mass is 10.1. The number of rotatable bonds is 7. The van der Waals surface area contributed by atoms with Crippen LogP contribution in [0.2, 0.25) is 0 Å². The minimum absolute atomic E-state index is 0.157. The maximum Gasteiger partial charge on any atom is 0.306 e. The van der Waals surface area contributed by atoms with E-state index < -0.39 is 36.5 Å². The summed E-state index contributed by atoms with van der Waals surface area (Å²) in [7, 11) is 0. The Hall–Kier alpha value is -0.730. The summed E-state index contributed by atoms with van der Waals surface area (Å²) in [6.07, 6.45) is -1.41. The first-order valence-electron chi connectivity index (χ1n) is 8.22. The van der Waals surface area contributed by atoms with Crippen molar-refractivity contribution in [2.24, 2.45) is 0 Å². The molecular weight excluding hydrogens is 304 g/mol. The highest BCUT2D eigenvalue weighted by molar-refractivity contribution is 5.69. The van der Waals surface area contributed by atoms with Crippen LogP contribution in [0, 0.1) is 0 Å². The van der Waals surface area contributed by atoms with E-state index in [-0.39, 0.29) is 12.1 Å². The quantitative estimate of drug-likeness (QED) is 0.409. The van der Waals surface area contributed by atoms with Crippen LogP contribution in [-0.4, -0.2) is 58.8 Å². The monoisotopic (exact) mass is 332 g/mol. The van der Waals surface area contributed by atoms with Crippen LogP contribution >= 0.6 is 0 Å². The van der Waals surface area contributed by atoms with Gasteiger partial charge < -0.3 is 29.2 Å². The van der Waals surface area contributed by atoms with Gasteiger partial charge in [-0.15, -0.1) is 0 Å². The first kappa shape index (κ1) is 18.6. The van der Waals surface area contributed by atoms with Crippen molar-refractivity contribution in [1.82, 2.24) is 0 Å². The number of aliphatic hydroxyl groups is 2. The molecule has 4 unspecified atom stereocenters. The van der Waals surface area contributed by atoms with Crippen molar-refractivity contribution in [2.75, 3.05) is 0 Å². The predicted molar refractivity (Wildman–Crippen MR) is 80.4 cm³/mol. The molecule has 0 aromatic carbocycles. The van der Waals surface area contributed by atoms with E-state index in [9.17, 15) is 15.0 Å². The van der Waals surface area contributed by atoms with Gasteiger partial charge in [0, 0.05) is 6.42 Å². The van der Waals surface area contributed by atoms with Crippen molar-refractivity contribution in [1.29, 1.82) is 0 Å². The second-order valence-electron chi connectivity index (χ2n) is 7.23. The Labute approximate surface area is 136 Å². The molecule has 7 nitrogen and oxygen atoms in total. The van der Waals surface area contributed by atoms with Gasteiger partial charge in [0.15, 0.2) is 12.6 Å². The molecule has 2 saturated heterocycles. The van der Waals surface area contributed by atoms with Crippen LogP contribution in [0.25, 0.3) is 0 Å². The first-order chi connectivity index (χ1) is 10.7. The Morgan fingerprint density at radius 2 is 1.87 bits per heavy atom. The molecule has 134 valence electrons. The smallest absolute Gasteiger partial charge is 0.306 e. The summed E-state index contributed by atoms with van der Waals surface area (Å²) in [5, 5.41) is 19.6. The number of hydrogen-bond acceptors (Lipinski definition) is 7. The highest BCUT2D eigenvalue weighted by Gasteiger charge is 2.56. The average molecular weight is 332 g/mol. The highest BCUT2D eigenvalue weighted by atomic mass is 16.8. The van der Waals surface area contributed by atoms with Gasteiger partial charge in [-0.1, -0.05) is 6.42 Å². The molecule has 0 radical (unpaired) electrons. The molecule has 7 heteroatoms. The summed E-state index contributed by atoms with van der Waals surface area (Å²) < 4.78 is 21.3. The van der Waals surface area contributed by atoms with Crippen LogP contribution in [0.4, 0.5) is 0 Å². The molecule has 6 atom stereocenters. The molecule has 0 bridgehead atoms. The van der Waals surface area contributed by atoms with Crippen molar-refractivity contribution < 1.29 is 34.0 Å². The van der Waals surface area contributed by atoms with Crippen LogP contribution in [0.3, 0.4) is 0 Å². The second-order valence-corrected chi connectivity index (χ2v) is 7.23. The Bertz CT molecular complexity index is 406. The van der Waals surface area contributed by atoms with Crippen LogP contribution in [0.5, 0.6) is 0 Å². The molecule has 0 saturated carbocycles. The van der Waals surface area contributed by atoms with E-state index >= 15 is 0 Å². The fourth-order valence-corrected chi connectivity index (χ4v) is 2.53. The molecule has 0 aromatic rings. The van der Waals surface area contributed by atoms with Crippen molar-refractivity contribution in [2.45, 2.75) is 96.0 Å². The number of fused-ring (bicyclic) bond motifs is 1. The van der Waals surface area contributed by atoms with Gasteiger partial charge in [-0.05, 0) is 40.5 Å². The zero-order valence-corrected chi connectivity index (χ0v) is 14.2. The number of unbranched alkanes of at least 4 members (excludes halogenated alkanes) is 1. The summed E-state index contributed by atoms with van der Waals surface area (Å²) in [5.41, 5.74) is -0.453. The lowest BCUT2D eigenvalue weighted by molar-refractivity contribution is -0.257. The lowest BCUT2D eigenvalue weighted by Gasteiger charge is -2.31. The molecule has 2 fully saturated rings. The largest absolute Gasteiger partial charge is 0.460 e. The third-order valence-electron chi connectivity index (χ3n) is 3.74. The fourth-order valence-electron chi connectivity index (χ4n) is 2.53. The van der Waals surface area contributed by atoms with Gasteiger partial charge in [0.25, 0.3) is 0 Å². The number of carbonyl (C=O) groups excluding carboxylic acids is 1. The van der Waals surface area contributed by atoms with E-state index in [2.05, 4.69) is 0 Å². The Balaban J connectivity index is 1.60. The van der Waals surface area contributed by atoms with Crippen LogP contribution < -0.4 is 0 Å². The second kappa shape index (κ2) is 7.44. The first-order valence-corrected chi connectivity index (χ1v) is 8.22. The summed E-state index contributed by atoms with van der Waals surface area (Å²) in [5.74, 6) is -0.197. The van der Waals surface area contributed by atoms with Gasteiger partial charge in [-0.3, -0.25) is 4.79 Å². The normalized spacial score (nSPS) is 34.6. The van der Waals surface area contributed by atoms with E-state index in [1.807, 2.05) is 27.7 Å². The molecule has 2 rings (SSSR count). The van der Waals surface area contributed by atoms with E-state index in [0.29, 0.717) is 12.8 Å². The summed E-state index contributed by atoms with van der Waals surface area (Å²) in [6, 6.07) is 0. The molecule has 0 aromatic heterocycles. The highest BCUT2D eigenvalue weighted by Crippen LogP contribution is 2.36. The Morgan fingerprint density at radius 3 is 2.52 bits per heavy atom. The lowest BCUT2D eigenvalue weighted by Crippen LogP contribution is -2.49. The van der Waals surface area contributed by atoms with Crippen LogP contribution in [-0.2, 0) is 23.7 Å². The maximum absolute atomic E-state index is 11.6. The molecule has 2 aliphatic heterocycles. The summed E-state index contributed by atoms with van der Waals surface area (Å²) in [6.45, 7) is 7.41. The molecule has 2 N–H and O–H groups in total. The third kappa shape index (κ3) is 5.69. The Morgan fingerprint density at radius 1 is 1.17 bits per heavy atom. The van der Waals surface area contributed by atoms with Crippen LogP contribution in [0.15, 0.2) is 0 Å². The van der Waals surface area contributed by atoms with Crippen molar-refractivity contribution in [3.8, 4) is 0 Å². The molecule has 0 amide bonds. The van der Waals surface area contributed by atoms with Crippen LogP contribution in [0.1, 0.15) is 53.4 Å². The number of hydrogen-bond donors (Lipinski definition) is 2. The zero-order chi connectivity index (χ0) is 17.2. The molecule has 0 aliphatic carbocycles.